The van der Waals surface area contributed by atoms with Crippen LogP contribution in [0.25, 0.3) is 0 Å². The zero-order chi connectivity index (χ0) is 18.0. The average molecular weight is 358 g/mol. The van der Waals surface area contributed by atoms with Crippen molar-refractivity contribution in [1.82, 2.24) is 19.6 Å². The largest absolute Gasteiger partial charge is 0.342 e. The van der Waals surface area contributed by atoms with Crippen molar-refractivity contribution in [1.29, 1.82) is 0 Å². The fraction of sp³-hybridized carbons (Fsp3) is 0.750. The quantitative estimate of drug-likeness (QED) is 0.831. The lowest BCUT2D eigenvalue weighted by Gasteiger charge is -2.44. The highest BCUT2D eigenvalue weighted by Crippen LogP contribution is 2.42. The first kappa shape index (κ1) is 17.6. The zero-order valence-corrected chi connectivity index (χ0v) is 15.6. The van der Waals surface area contributed by atoms with E-state index < -0.39 is 0 Å². The van der Waals surface area contributed by atoms with Crippen LogP contribution in [0.3, 0.4) is 0 Å². The molecule has 1 aromatic rings. The van der Waals surface area contributed by atoms with E-state index in [1.54, 1.807) is 10.9 Å². The number of piperidine rings is 1. The molecular weight excluding hydrogens is 328 g/mol. The number of carbonyl (C=O) groups excluding carboxylic acids is 2. The van der Waals surface area contributed by atoms with Gasteiger partial charge in [0, 0.05) is 51.0 Å². The molecular formula is C20H30N4O2. The molecule has 0 bridgehead atoms. The van der Waals surface area contributed by atoms with E-state index in [1.807, 2.05) is 17.2 Å². The van der Waals surface area contributed by atoms with Gasteiger partial charge < -0.3 is 9.80 Å². The van der Waals surface area contributed by atoms with Gasteiger partial charge >= 0.3 is 0 Å². The number of rotatable bonds is 4. The first-order valence-corrected chi connectivity index (χ1v) is 10.2. The molecule has 3 aliphatic rings. The molecule has 6 heteroatoms. The Bertz CT molecular complexity index is 638. The van der Waals surface area contributed by atoms with Gasteiger partial charge in [-0.15, -0.1) is 0 Å². The smallest absolute Gasteiger partial charge is 0.230 e. The fourth-order valence-corrected chi connectivity index (χ4v) is 5.11. The Kier molecular flexibility index (Phi) is 5.00. The summed E-state index contributed by atoms with van der Waals surface area (Å²) in [5.41, 5.74) is -0.308. The second-order valence-electron chi connectivity index (χ2n) is 8.26. The Morgan fingerprint density at radius 1 is 1.15 bits per heavy atom. The molecule has 1 aliphatic carbocycles. The predicted octanol–water partition coefficient (Wildman–Crippen LogP) is 2.45. The third-order valence-electron chi connectivity index (χ3n) is 6.60. The summed E-state index contributed by atoms with van der Waals surface area (Å²) in [4.78, 5) is 30.1. The summed E-state index contributed by atoms with van der Waals surface area (Å²) in [5.74, 6) is 0.484. The number of hydrogen-bond donors (Lipinski definition) is 0. The molecule has 3 fully saturated rings. The molecule has 2 amide bonds. The van der Waals surface area contributed by atoms with Crippen LogP contribution >= 0.6 is 0 Å². The summed E-state index contributed by atoms with van der Waals surface area (Å²) < 4.78 is 1.79. The first-order valence-electron chi connectivity index (χ1n) is 10.2. The highest BCUT2D eigenvalue weighted by Gasteiger charge is 2.50. The third kappa shape index (κ3) is 3.38. The van der Waals surface area contributed by atoms with Crippen LogP contribution in [0.1, 0.15) is 57.8 Å². The van der Waals surface area contributed by atoms with E-state index in [-0.39, 0.29) is 11.3 Å². The number of nitrogens with zero attached hydrogens (tertiary/aromatic N) is 4. The van der Waals surface area contributed by atoms with Gasteiger partial charge in [0.15, 0.2) is 0 Å². The second kappa shape index (κ2) is 7.41. The van der Waals surface area contributed by atoms with E-state index in [2.05, 4.69) is 10.00 Å². The zero-order valence-electron chi connectivity index (χ0n) is 15.6. The fourth-order valence-electron chi connectivity index (χ4n) is 5.11. The molecule has 2 saturated heterocycles. The van der Waals surface area contributed by atoms with Crippen molar-refractivity contribution < 1.29 is 9.59 Å². The lowest BCUT2D eigenvalue weighted by Crippen LogP contribution is -2.54. The van der Waals surface area contributed by atoms with Gasteiger partial charge in [0.1, 0.15) is 0 Å². The third-order valence-corrected chi connectivity index (χ3v) is 6.60. The molecule has 1 atom stereocenters. The minimum atomic E-state index is -0.308. The molecule has 2 aliphatic heterocycles. The van der Waals surface area contributed by atoms with Crippen molar-refractivity contribution >= 4 is 11.8 Å². The van der Waals surface area contributed by atoms with Crippen molar-refractivity contribution in [2.75, 3.05) is 19.6 Å². The first-order chi connectivity index (χ1) is 12.7. The number of carbonyl (C=O) groups is 2. The van der Waals surface area contributed by atoms with Gasteiger partial charge in [0.25, 0.3) is 0 Å². The minimum Gasteiger partial charge on any atom is -0.342 e. The highest BCUT2D eigenvalue weighted by molar-refractivity contribution is 5.86. The van der Waals surface area contributed by atoms with Gasteiger partial charge in [-0.05, 0) is 38.2 Å². The molecule has 1 spiro atoms. The number of aromatic nitrogens is 2. The maximum absolute atomic E-state index is 13.3. The van der Waals surface area contributed by atoms with Crippen molar-refractivity contribution in [2.24, 2.45) is 5.41 Å². The van der Waals surface area contributed by atoms with Crippen LogP contribution in [0.15, 0.2) is 18.5 Å². The number of likely N-dealkylation sites (tertiary alicyclic amines) is 2. The standard InChI is InChI=1S/C20H30N4O2/c25-18(8-14-23-12-5-11-21-23)22-15-10-20(16-22)9-4-13-24(19(20)26)17-6-2-1-3-7-17/h5,11-12,17H,1-4,6-10,13-16H2/t20-/m0/s1. The Hall–Kier alpha value is -1.85. The van der Waals surface area contributed by atoms with Gasteiger partial charge in [0.2, 0.25) is 11.8 Å². The van der Waals surface area contributed by atoms with Crippen LogP contribution in [0.5, 0.6) is 0 Å². The number of amides is 2. The van der Waals surface area contributed by atoms with Crippen LogP contribution in [0, 0.1) is 5.41 Å². The van der Waals surface area contributed by atoms with Crippen LogP contribution in [-0.4, -0.2) is 57.1 Å². The minimum absolute atomic E-state index is 0.153. The maximum atomic E-state index is 13.3. The lowest BCUT2D eigenvalue weighted by atomic mass is 9.77. The molecule has 0 N–H and O–H groups in total. The number of hydrogen-bond acceptors (Lipinski definition) is 3. The molecule has 1 saturated carbocycles. The monoisotopic (exact) mass is 358 g/mol. The Morgan fingerprint density at radius 2 is 2.00 bits per heavy atom. The van der Waals surface area contributed by atoms with Crippen LogP contribution in [0.4, 0.5) is 0 Å². The normalized spacial score (nSPS) is 27.5. The van der Waals surface area contributed by atoms with Crippen molar-refractivity contribution in [3.05, 3.63) is 18.5 Å². The van der Waals surface area contributed by atoms with E-state index >= 15 is 0 Å². The van der Waals surface area contributed by atoms with Gasteiger partial charge in [0.05, 0.1) is 5.41 Å². The maximum Gasteiger partial charge on any atom is 0.230 e. The second-order valence-corrected chi connectivity index (χ2v) is 8.26. The molecule has 4 rings (SSSR count). The summed E-state index contributed by atoms with van der Waals surface area (Å²) in [6, 6.07) is 2.31. The summed E-state index contributed by atoms with van der Waals surface area (Å²) >= 11 is 0. The van der Waals surface area contributed by atoms with E-state index in [1.165, 1.54) is 19.3 Å². The molecule has 0 unspecified atom stereocenters. The molecule has 0 radical (unpaired) electrons. The van der Waals surface area contributed by atoms with Gasteiger partial charge in [-0.2, -0.15) is 5.10 Å². The molecule has 142 valence electrons. The lowest BCUT2D eigenvalue weighted by molar-refractivity contribution is -0.149. The number of aryl methyl sites for hydroxylation is 1. The van der Waals surface area contributed by atoms with Crippen LogP contribution in [-0.2, 0) is 16.1 Å². The molecule has 6 nitrogen and oxygen atoms in total. The molecule has 26 heavy (non-hydrogen) atoms. The summed E-state index contributed by atoms with van der Waals surface area (Å²) in [5, 5.41) is 4.16. The summed E-state index contributed by atoms with van der Waals surface area (Å²) in [6.07, 6.45) is 13.1. The average Bonchev–Trinajstić information content (AvgIpc) is 3.34. The Morgan fingerprint density at radius 3 is 2.77 bits per heavy atom. The predicted molar refractivity (Wildman–Crippen MR) is 98.3 cm³/mol. The van der Waals surface area contributed by atoms with E-state index in [0.29, 0.717) is 31.5 Å². The topological polar surface area (TPSA) is 58.4 Å². The molecule has 1 aromatic heterocycles. The highest BCUT2D eigenvalue weighted by atomic mass is 16.2. The SMILES string of the molecule is O=C(CCn1cccn1)N1CC[C@@]2(CCCN(C3CCCCC3)C2=O)C1. The summed E-state index contributed by atoms with van der Waals surface area (Å²) in [7, 11) is 0. The van der Waals surface area contributed by atoms with E-state index in [4.69, 9.17) is 0 Å². The van der Waals surface area contributed by atoms with Crippen molar-refractivity contribution in [3.8, 4) is 0 Å². The van der Waals surface area contributed by atoms with Crippen LogP contribution in [0.2, 0.25) is 0 Å². The Labute approximate surface area is 155 Å². The van der Waals surface area contributed by atoms with E-state index in [9.17, 15) is 9.59 Å². The summed E-state index contributed by atoms with van der Waals surface area (Å²) in [6.45, 7) is 2.87. The van der Waals surface area contributed by atoms with Crippen molar-refractivity contribution in [2.45, 2.75) is 70.4 Å². The Balaban J connectivity index is 1.37. The molecule has 0 aromatic carbocycles. The van der Waals surface area contributed by atoms with Crippen molar-refractivity contribution in [3.63, 3.8) is 0 Å². The van der Waals surface area contributed by atoms with Gasteiger partial charge in [-0.25, -0.2) is 0 Å². The molecule has 3 heterocycles. The van der Waals surface area contributed by atoms with E-state index in [0.717, 1.165) is 45.2 Å². The van der Waals surface area contributed by atoms with Gasteiger partial charge in [-0.3, -0.25) is 14.3 Å². The van der Waals surface area contributed by atoms with Gasteiger partial charge in [-0.1, -0.05) is 19.3 Å². The van der Waals surface area contributed by atoms with Crippen LogP contribution < -0.4 is 0 Å².